The summed E-state index contributed by atoms with van der Waals surface area (Å²) < 4.78 is 0. The van der Waals surface area contributed by atoms with Gasteiger partial charge in [-0.1, -0.05) is 34.1 Å². The van der Waals surface area contributed by atoms with Gasteiger partial charge in [-0.05, 0) is 30.6 Å². The number of rotatable bonds is 5. The van der Waals surface area contributed by atoms with E-state index in [-0.39, 0.29) is 29.3 Å². The van der Waals surface area contributed by atoms with Crippen molar-refractivity contribution >= 4 is 5.91 Å². The first-order valence-electron chi connectivity index (χ1n) is 7.30. The highest BCUT2D eigenvalue weighted by molar-refractivity contribution is 5.82. The molecule has 2 N–H and O–H groups in total. The number of fused-ring (bicyclic) bond motifs is 1. The first kappa shape index (κ1) is 13.9. The summed E-state index contributed by atoms with van der Waals surface area (Å²) >= 11 is 0. The van der Waals surface area contributed by atoms with Gasteiger partial charge in [-0.25, -0.2) is 0 Å². The highest BCUT2D eigenvalue weighted by Gasteiger charge is 2.56. The Kier molecular flexibility index (Phi) is 3.72. The quantitative estimate of drug-likeness (QED) is 0.789. The van der Waals surface area contributed by atoms with Gasteiger partial charge < -0.3 is 10.4 Å². The SMILES string of the molecule is CC(C)C(O)C(C)(C)CNC(=O)C1C2CCCC21. The first-order valence-corrected chi connectivity index (χ1v) is 7.30. The van der Waals surface area contributed by atoms with E-state index in [1.54, 1.807) is 0 Å². The van der Waals surface area contributed by atoms with Crippen molar-refractivity contribution in [3.8, 4) is 0 Å². The van der Waals surface area contributed by atoms with E-state index in [1.807, 2.05) is 27.7 Å². The Morgan fingerprint density at radius 1 is 1.33 bits per heavy atom. The summed E-state index contributed by atoms with van der Waals surface area (Å²) in [6.07, 6.45) is 3.40. The van der Waals surface area contributed by atoms with E-state index in [2.05, 4.69) is 5.32 Å². The Morgan fingerprint density at radius 2 is 1.89 bits per heavy atom. The van der Waals surface area contributed by atoms with Crippen molar-refractivity contribution in [3.05, 3.63) is 0 Å². The van der Waals surface area contributed by atoms with Crippen molar-refractivity contribution in [2.24, 2.45) is 29.1 Å². The highest BCUT2D eigenvalue weighted by Crippen LogP contribution is 2.57. The Morgan fingerprint density at radius 3 is 2.39 bits per heavy atom. The molecule has 3 heteroatoms. The van der Waals surface area contributed by atoms with Crippen LogP contribution < -0.4 is 5.32 Å². The van der Waals surface area contributed by atoms with Gasteiger partial charge in [0.15, 0.2) is 0 Å². The third-order valence-electron chi connectivity index (χ3n) is 4.86. The third kappa shape index (κ3) is 2.56. The molecular formula is C15H27NO2. The van der Waals surface area contributed by atoms with Crippen LogP contribution in [0.4, 0.5) is 0 Å². The number of carbonyl (C=O) groups is 1. The molecule has 3 nitrogen and oxygen atoms in total. The molecule has 3 unspecified atom stereocenters. The van der Waals surface area contributed by atoms with E-state index < -0.39 is 0 Å². The van der Waals surface area contributed by atoms with Gasteiger partial charge in [-0.15, -0.1) is 0 Å². The lowest BCUT2D eigenvalue weighted by Crippen LogP contribution is -2.44. The molecule has 0 saturated heterocycles. The third-order valence-corrected chi connectivity index (χ3v) is 4.86. The van der Waals surface area contributed by atoms with Gasteiger partial charge in [0.2, 0.25) is 5.91 Å². The maximum atomic E-state index is 12.1. The fraction of sp³-hybridized carbons (Fsp3) is 0.933. The number of nitrogens with one attached hydrogen (secondary N) is 1. The predicted octanol–water partition coefficient (Wildman–Crippen LogP) is 2.19. The molecule has 0 bridgehead atoms. The minimum absolute atomic E-state index is 0.216. The van der Waals surface area contributed by atoms with Gasteiger partial charge in [0, 0.05) is 17.9 Å². The van der Waals surface area contributed by atoms with Crippen molar-refractivity contribution in [2.45, 2.75) is 53.1 Å². The summed E-state index contributed by atoms with van der Waals surface area (Å²) in [6, 6.07) is 0. The maximum absolute atomic E-state index is 12.1. The Hall–Kier alpha value is -0.570. The van der Waals surface area contributed by atoms with Crippen molar-refractivity contribution in [1.82, 2.24) is 5.32 Å². The zero-order chi connectivity index (χ0) is 13.5. The highest BCUT2D eigenvalue weighted by atomic mass is 16.3. The smallest absolute Gasteiger partial charge is 0.223 e. The molecule has 3 atom stereocenters. The monoisotopic (exact) mass is 253 g/mol. The van der Waals surface area contributed by atoms with Crippen LogP contribution in [0.25, 0.3) is 0 Å². The Balaban J connectivity index is 1.79. The number of amides is 1. The van der Waals surface area contributed by atoms with E-state index in [4.69, 9.17) is 0 Å². The lowest BCUT2D eigenvalue weighted by Gasteiger charge is -2.33. The lowest BCUT2D eigenvalue weighted by molar-refractivity contribution is -0.124. The van der Waals surface area contributed by atoms with E-state index in [0.29, 0.717) is 18.4 Å². The molecule has 2 fully saturated rings. The minimum atomic E-state index is -0.378. The van der Waals surface area contributed by atoms with Crippen molar-refractivity contribution in [2.75, 3.05) is 6.54 Å². The summed E-state index contributed by atoms with van der Waals surface area (Å²) in [6.45, 7) is 8.64. The number of carbonyl (C=O) groups excluding carboxylic acids is 1. The van der Waals surface area contributed by atoms with Crippen LogP contribution in [0.2, 0.25) is 0 Å². The number of hydrogen-bond donors (Lipinski definition) is 2. The molecule has 0 aromatic carbocycles. The fourth-order valence-electron chi connectivity index (χ4n) is 3.65. The van der Waals surface area contributed by atoms with E-state index in [1.165, 1.54) is 19.3 Å². The average molecular weight is 253 g/mol. The number of aliphatic hydroxyl groups excluding tert-OH is 1. The standard InChI is InChI=1S/C15H27NO2/c1-9(2)13(17)15(3,4)8-16-14(18)12-10-6-5-7-11(10)12/h9-13,17H,5-8H2,1-4H3,(H,16,18). The van der Waals surface area contributed by atoms with Crippen molar-refractivity contribution in [1.29, 1.82) is 0 Å². The van der Waals surface area contributed by atoms with E-state index in [9.17, 15) is 9.90 Å². The van der Waals surface area contributed by atoms with Crippen molar-refractivity contribution in [3.63, 3.8) is 0 Å². The fourth-order valence-corrected chi connectivity index (χ4v) is 3.65. The normalized spacial score (nSPS) is 32.2. The first-order chi connectivity index (χ1) is 8.34. The zero-order valence-electron chi connectivity index (χ0n) is 12.1. The minimum Gasteiger partial charge on any atom is -0.392 e. The molecule has 0 aromatic heterocycles. The summed E-state index contributed by atoms with van der Waals surface area (Å²) in [5, 5.41) is 13.2. The Labute approximate surface area is 110 Å². The second-order valence-corrected chi connectivity index (χ2v) is 7.18. The van der Waals surface area contributed by atoms with Crippen LogP contribution in [-0.4, -0.2) is 23.7 Å². The predicted molar refractivity (Wildman–Crippen MR) is 72.0 cm³/mol. The molecule has 2 rings (SSSR count). The molecule has 0 aromatic rings. The molecule has 18 heavy (non-hydrogen) atoms. The second-order valence-electron chi connectivity index (χ2n) is 7.18. The van der Waals surface area contributed by atoms with E-state index >= 15 is 0 Å². The van der Waals surface area contributed by atoms with Gasteiger partial charge >= 0.3 is 0 Å². The van der Waals surface area contributed by atoms with Gasteiger partial charge in [0.1, 0.15) is 0 Å². The van der Waals surface area contributed by atoms with Crippen LogP contribution in [0.3, 0.4) is 0 Å². The molecule has 104 valence electrons. The van der Waals surface area contributed by atoms with Crippen molar-refractivity contribution < 1.29 is 9.90 Å². The molecule has 0 radical (unpaired) electrons. The van der Waals surface area contributed by atoms with Crippen LogP contribution in [0, 0.1) is 29.1 Å². The second kappa shape index (κ2) is 4.84. The molecule has 2 aliphatic rings. The molecule has 2 aliphatic carbocycles. The summed E-state index contributed by atoms with van der Waals surface area (Å²) in [7, 11) is 0. The maximum Gasteiger partial charge on any atom is 0.223 e. The molecular weight excluding hydrogens is 226 g/mol. The largest absolute Gasteiger partial charge is 0.392 e. The van der Waals surface area contributed by atoms with Gasteiger partial charge in [0.25, 0.3) is 0 Å². The van der Waals surface area contributed by atoms with Gasteiger partial charge in [-0.2, -0.15) is 0 Å². The van der Waals surface area contributed by atoms with Crippen LogP contribution in [-0.2, 0) is 4.79 Å². The van der Waals surface area contributed by atoms with Gasteiger partial charge in [0.05, 0.1) is 6.10 Å². The lowest BCUT2D eigenvalue weighted by atomic mass is 9.80. The van der Waals surface area contributed by atoms with Crippen LogP contribution >= 0.6 is 0 Å². The number of hydrogen-bond acceptors (Lipinski definition) is 2. The summed E-state index contributed by atoms with van der Waals surface area (Å²) in [5.74, 6) is 2.06. The van der Waals surface area contributed by atoms with Gasteiger partial charge in [-0.3, -0.25) is 4.79 Å². The number of aliphatic hydroxyl groups is 1. The summed E-state index contributed by atoms with van der Waals surface area (Å²) in [5.41, 5.74) is -0.256. The van der Waals surface area contributed by atoms with Crippen LogP contribution in [0.5, 0.6) is 0 Å². The molecule has 0 aliphatic heterocycles. The van der Waals surface area contributed by atoms with E-state index in [0.717, 1.165) is 0 Å². The van der Waals surface area contributed by atoms with Crippen LogP contribution in [0.1, 0.15) is 47.0 Å². The zero-order valence-corrected chi connectivity index (χ0v) is 12.1. The summed E-state index contributed by atoms with van der Waals surface area (Å²) in [4.78, 5) is 12.1. The van der Waals surface area contributed by atoms with Crippen LogP contribution in [0.15, 0.2) is 0 Å². The molecule has 0 heterocycles. The Bertz CT molecular complexity index is 314. The molecule has 2 saturated carbocycles. The molecule has 0 spiro atoms. The topological polar surface area (TPSA) is 49.3 Å². The molecule has 1 amide bonds. The average Bonchev–Trinajstić information content (AvgIpc) is 2.78.